The predicted octanol–water partition coefficient (Wildman–Crippen LogP) is 4.88. The number of hydrogen-bond acceptors (Lipinski definition) is 6. The van der Waals surface area contributed by atoms with Crippen molar-refractivity contribution in [1.29, 1.82) is 0 Å². The fourth-order valence-corrected chi connectivity index (χ4v) is 7.01. The number of piperidine rings is 1. The second kappa shape index (κ2) is 9.72. The Kier molecular flexibility index (Phi) is 7.07. The van der Waals surface area contributed by atoms with Gasteiger partial charge in [0.15, 0.2) is 0 Å². The van der Waals surface area contributed by atoms with Crippen molar-refractivity contribution in [1.82, 2.24) is 9.80 Å². The van der Waals surface area contributed by atoms with E-state index in [-0.39, 0.29) is 18.6 Å². The van der Waals surface area contributed by atoms with Crippen LogP contribution in [0.25, 0.3) is 0 Å². The van der Waals surface area contributed by atoms with E-state index < -0.39 is 20.9 Å². The lowest BCUT2D eigenvalue weighted by atomic mass is 9.52. The van der Waals surface area contributed by atoms with Crippen LogP contribution in [0.15, 0.2) is 18.2 Å². The van der Waals surface area contributed by atoms with Crippen LogP contribution in [0.4, 0.5) is 4.79 Å². The van der Waals surface area contributed by atoms with Crippen molar-refractivity contribution in [2.24, 2.45) is 5.92 Å². The zero-order chi connectivity index (χ0) is 25.7. The predicted molar refractivity (Wildman–Crippen MR) is 138 cm³/mol. The Morgan fingerprint density at radius 2 is 1.83 bits per heavy atom. The molecular weight excluding hydrogens is 527 g/mol. The number of ether oxygens (including phenoxy) is 3. The molecule has 2 aliphatic carbocycles. The van der Waals surface area contributed by atoms with Gasteiger partial charge in [-0.1, -0.05) is 40.9 Å². The number of rotatable bonds is 5. The van der Waals surface area contributed by atoms with Crippen molar-refractivity contribution >= 4 is 46.9 Å². The monoisotopic (exact) mass is 558 g/mol. The van der Waals surface area contributed by atoms with Gasteiger partial charge in [0.05, 0.1) is 13.2 Å². The molecule has 1 saturated carbocycles. The van der Waals surface area contributed by atoms with Crippen molar-refractivity contribution in [2.75, 3.05) is 39.9 Å². The summed E-state index contributed by atoms with van der Waals surface area (Å²) in [7, 11) is 1.66. The first-order valence-corrected chi connectivity index (χ1v) is 13.8. The molecule has 198 valence electrons. The Morgan fingerprint density at radius 1 is 1.11 bits per heavy atom. The van der Waals surface area contributed by atoms with Crippen molar-refractivity contribution in [2.45, 2.75) is 66.3 Å². The highest BCUT2D eigenvalue weighted by Gasteiger charge is 2.66. The maximum atomic E-state index is 13.0. The Morgan fingerprint density at radius 3 is 2.50 bits per heavy atom. The molecule has 0 spiro atoms. The Hall–Kier alpha value is -1.41. The molecule has 1 aromatic carbocycles. The molecule has 0 aromatic heterocycles. The van der Waals surface area contributed by atoms with E-state index in [1.807, 2.05) is 6.07 Å². The van der Waals surface area contributed by atoms with Crippen LogP contribution in [0.3, 0.4) is 0 Å². The van der Waals surface area contributed by atoms with Gasteiger partial charge in [0.2, 0.25) is 3.79 Å². The molecule has 7 nitrogen and oxygen atoms in total. The van der Waals surface area contributed by atoms with Gasteiger partial charge in [0.25, 0.3) is 0 Å². The summed E-state index contributed by atoms with van der Waals surface area (Å²) in [4.78, 5) is 29.9. The Balaban J connectivity index is 1.56. The molecule has 10 heteroatoms. The fraction of sp³-hybridized carbons (Fsp3) is 0.692. The molecule has 0 unspecified atom stereocenters. The number of esters is 1. The van der Waals surface area contributed by atoms with Crippen molar-refractivity contribution in [3.63, 3.8) is 0 Å². The van der Waals surface area contributed by atoms with Crippen LogP contribution in [-0.2, 0) is 26.1 Å². The maximum absolute atomic E-state index is 13.0. The number of alkyl halides is 3. The van der Waals surface area contributed by atoms with Crippen LogP contribution in [0.5, 0.6) is 5.75 Å². The standard InChI is InChI=1S/C26H33Cl3N2O5/c1-17(32)36-25-9-12-30(23(33)35-16-26(27,28)29)10-7-24(25)8-11-31(15-18-3-4-18)22(25)13-19-5-6-20(34-2)14-21(19)24/h5-6,14,18,22H,3-4,7-13,15-16H2,1-2H3/t22-,24+,25-/m1/s1. The van der Waals surface area contributed by atoms with E-state index >= 15 is 0 Å². The van der Waals surface area contributed by atoms with Crippen LogP contribution in [-0.4, -0.2) is 77.2 Å². The third kappa shape index (κ3) is 4.77. The topological polar surface area (TPSA) is 68.3 Å². The first kappa shape index (κ1) is 26.2. The van der Waals surface area contributed by atoms with E-state index in [0.29, 0.717) is 31.8 Å². The van der Waals surface area contributed by atoms with E-state index in [9.17, 15) is 9.59 Å². The van der Waals surface area contributed by atoms with Gasteiger partial charge in [-0.15, -0.1) is 0 Å². The smallest absolute Gasteiger partial charge is 0.409 e. The number of benzene rings is 1. The molecule has 3 fully saturated rings. The zero-order valence-electron chi connectivity index (χ0n) is 20.7. The zero-order valence-corrected chi connectivity index (χ0v) is 23.0. The van der Waals surface area contributed by atoms with Gasteiger partial charge in [0.1, 0.15) is 18.0 Å². The molecule has 2 heterocycles. The summed E-state index contributed by atoms with van der Waals surface area (Å²) in [5, 5.41) is 0. The van der Waals surface area contributed by atoms with Crippen LogP contribution in [0, 0.1) is 5.92 Å². The summed E-state index contributed by atoms with van der Waals surface area (Å²) in [6.45, 7) is 3.95. The minimum atomic E-state index is -1.68. The molecule has 2 aliphatic heterocycles. The van der Waals surface area contributed by atoms with Crippen molar-refractivity contribution in [3.8, 4) is 5.75 Å². The number of hydrogen-bond donors (Lipinski definition) is 0. The van der Waals surface area contributed by atoms with Gasteiger partial charge < -0.3 is 19.1 Å². The number of carbonyl (C=O) groups is 2. The molecule has 2 bridgehead atoms. The molecule has 1 aromatic rings. The number of amides is 1. The molecule has 4 aliphatic rings. The Labute approximate surface area is 227 Å². The van der Waals surface area contributed by atoms with Gasteiger partial charge in [-0.05, 0) is 67.8 Å². The lowest BCUT2D eigenvalue weighted by Gasteiger charge is -2.62. The van der Waals surface area contributed by atoms with Crippen LogP contribution in [0.2, 0.25) is 0 Å². The summed E-state index contributed by atoms with van der Waals surface area (Å²) in [6, 6.07) is 6.30. The van der Waals surface area contributed by atoms with Crippen molar-refractivity contribution in [3.05, 3.63) is 29.3 Å². The van der Waals surface area contributed by atoms with Crippen molar-refractivity contribution < 1.29 is 23.8 Å². The van der Waals surface area contributed by atoms with Gasteiger partial charge >= 0.3 is 12.1 Å². The summed E-state index contributed by atoms with van der Waals surface area (Å²) in [5.41, 5.74) is 1.21. The molecular formula is C26H33Cl3N2O5. The summed E-state index contributed by atoms with van der Waals surface area (Å²) < 4.78 is 15.7. The Bertz CT molecular complexity index is 1030. The average Bonchev–Trinajstić information content (AvgIpc) is 3.65. The molecule has 2 saturated heterocycles. The van der Waals surface area contributed by atoms with Gasteiger partial charge in [-0.25, -0.2) is 4.79 Å². The summed E-state index contributed by atoms with van der Waals surface area (Å²) in [5.74, 6) is 1.20. The van der Waals surface area contributed by atoms with E-state index in [1.165, 1.54) is 30.9 Å². The first-order chi connectivity index (χ1) is 17.1. The fourth-order valence-electron chi connectivity index (χ4n) is 6.84. The van der Waals surface area contributed by atoms with E-state index in [0.717, 1.165) is 31.7 Å². The molecule has 3 atom stereocenters. The minimum absolute atomic E-state index is 0.0359. The average molecular weight is 560 g/mol. The lowest BCUT2D eigenvalue weighted by Crippen LogP contribution is -2.73. The second-order valence-electron chi connectivity index (χ2n) is 10.7. The number of methoxy groups -OCH3 is 1. The SMILES string of the molecule is COc1ccc2c(c1)[C@@]13CCN(C(=O)OCC(Cl)(Cl)Cl)CC[C@@]1(OC(C)=O)[C@@H](C2)N(CC1CC1)CC3. The van der Waals surface area contributed by atoms with Crippen LogP contribution < -0.4 is 4.74 Å². The van der Waals surface area contributed by atoms with Gasteiger partial charge in [0, 0.05) is 38.4 Å². The molecule has 5 rings (SSSR count). The molecule has 36 heavy (non-hydrogen) atoms. The minimum Gasteiger partial charge on any atom is -0.497 e. The number of likely N-dealkylation sites (tertiary alicyclic amines) is 2. The number of carbonyl (C=O) groups excluding carboxylic acids is 2. The van der Waals surface area contributed by atoms with E-state index in [2.05, 4.69) is 17.0 Å². The summed E-state index contributed by atoms with van der Waals surface area (Å²) >= 11 is 17.4. The lowest BCUT2D eigenvalue weighted by molar-refractivity contribution is -0.196. The molecule has 0 N–H and O–H groups in total. The third-order valence-electron chi connectivity index (χ3n) is 8.56. The maximum Gasteiger partial charge on any atom is 0.409 e. The van der Waals surface area contributed by atoms with Gasteiger partial charge in [-0.2, -0.15) is 0 Å². The highest BCUT2D eigenvalue weighted by Crippen LogP contribution is 2.58. The van der Waals surface area contributed by atoms with E-state index in [4.69, 9.17) is 49.0 Å². The quantitative estimate of drug-likeness (QED) is 0.378. The third-order valence-corrected chi connectivity index (χ3v) is 8.88. The normalized spacial score (nSPS) is 30.0. The largest absolute Gasteiger partial charge is 0.497 e. The van der Waals surface area contributed by atoms with Gasteiger partial charge in [-0.3, -0.25) is 9.69 Å². The number of nitrogens with zero attached hydrogens (tertiary/aromatic N) is 2. The molecule has 0 radical (unpaired) electrons. The van der Waals surface area contributed by atoms with E-state index in [1.54, 1.807) is 12.0 Å². The van der Waals surface area contributed by atoms with Crippen LogP contribution in [0.1, 0.15) is 50.2 Å². The highest BCUT2D eigenvalue weighted by molar-refractivity contribution is 6.67. The first-order valence-electron chi connectivity index (χ1n) is 12.7. The number of halogens is 3. The van der Waals surface area contributed by atoms with Crippen LogP contribution >= 0.6 is 34.8 Å². The number of fused-ring (bicyclic) bond motifs is 1. The summed E-state index contributed by atoms with van der Waals surface area (Å²) in [6.07, 6.45) is 4.76. The highest BCUT2D eigenvalue weighted by atomic mass is 35.6. The molecule has 1 amide bonds. The second-order valence-corrected chi connectivity index (χ2v) is 13.2.